The molecule has 2 nitrogen and oxygen atoms in total. The molecular weight excluding hydrogens is 192 g/mol. The van der Waals surface area contributed by atoms with Crippen molar-refractivity contribution in [3.8, 4) is 0 Å². The van der Waals surface area contributed by atoms with Crippen molar-refractivity contribution in [3.05, 3.63) is 11.3 Å². The molecule has 14 heavy (non-hydrogen) atoms. The van der Waals surface area contributed by atoms with E-state index in [0.29, 0.717) is 0 Å². The fourth-order valence-corrected chi connectivity index (χ4v) is 2.76. The molecule has 0 unspecified atom stereocenters. The van der Waals surface area contributed by atoms with Gasteiger partial charge >= 0.3 is 9.28 Å². The average Bonchev–Trinajstić information content (AvgIpc) is 2.19. The lowest BCUT2D eigenvalue weighted by Crippen LogP contribution is -2.20. The van der Waals surface area contributed by atoms with E-state index >= 15 is 0 Å². The van der Waals surface area contributed by atoms with Gasteiger partial charge in [-0.3, -0.25) is 0 Å². The summed E-state index contributed by atoms with van der Waals surface area (Å²) in [5.41, 5.74) is 0. The van der Waals surface area contributed by atoms with Gasteiger partial charge in [-0.1, -0.05) is 32.3 Å². The Balaban J connectivity index is 3.64. The maximum absolute atomic E-state index is 5.29. The summed E-state index contributed by atoms with van der Waals surface area (Å²) in [6, 6.07) is 0. The van der Waals surface area contributed by atoms with Gasteiger partial charge in [-0.05, 0) is 25.0 Å². The predicted molar refractivity (Wildman–Crippen MR) is 63.7 cm³/mol. The molecule has 3 heteroatoms. The van der Waals surface area contributed by atoms with Gasteiger partial charge in [-0.2, -0.15) is 0 Å². The fraction of sp³-hybridized carbons (Fsp3) is 0.818. The van der Waals surface area contributed by atoms with Gasteiger partial charge in [0.25, 0.3) is 0 Å². The van der Waals surface area contributed by atoms with Gasteiger partial charge in [0, 0.05) is 14.2 Å². The molecule has 0 heterocycles. The Morgan fingerprint density at radius 1 is 1.14 bits per heavy atom. The van der Waals surface area contributed by atoms with Crippen molar-refractivity contribution in [3.63, 3.8) is 0 Å². The number of rotatable bonds is 8. The van der Waals surface area contributed by atoms with Gasteiger partial charge in [-0.15, -0.1) is 0 Å². The average molecular weight is 216 g/mol. The summed E-state index contributed by atoms with van der Waals surface area (Å²) in [6.45, 7) is 4.35. The first-order valence-electron chi connectivity index (χ1n) is 5.48. The highest BCUT2D eigenvalue weighted by molar-refractivity contribution is 6.53. The first-order valence-corrected chi connectivity index (χ1v) is 7.00. The van der Waals surface area contributed by atoms with Crippen LogP contribution < -0.4 is 0 Å². The normalized spacial score (nSPS) is 12.5. The lowest BCUT2D eigenvalue weighted by atomic mass is 10.1. The second kappa shape index (κ2) is 9.43. The van der Waals surface area contributed by atoms with Crippen molar-refractivity contribution in [2.75, 3.05) is 14.2 Å². The Morgan fingerprint density at radius 2 is 1.79 bits per heavy atom. The van der Waals surface area contributed by atoms with E-state index < -0.39 is 9.28 Å². The number of hydrogen-bond acceptors (Lipinski definition) is 2. The van der Waals surface area contributed by atoms with Gasteiger partial charge in [0.05, 0.1) is 0 Å². The summed E-state index contributed by atoms with van der Waals surface area (Å²) < 4.78 is 10.6. The highest BCUT2D eigenvalue weighted by Gasteiger charge is 2.10. The molecule has 0 fully saturated rings. The second-order valence-corrected chi connectivity index (χ2v) is 6.12. The summed E-state index contributed by atoms with van der Waals surface area (Å²) in [5, 5.41) is 1.31. The second-order valence-electron chi connectivity index (χ2n) is 3.60. The van der Waals surface area contributed by atoms with Gasteiger partial charge in [0.2, 0.25) is 0 Å². The Kier molecular flexibility index (Phi) is 9.35. The molecule has 0 aliphatic carbocycles. The van der Waals surface area contributed by atoms with E-state index in [2.05, 4.69) is 19.9 Å². The molecule has 0 spiro atoms. The zero-order valence-electron chi connectivity index (χ0n) is 10.0. The third-order valence-electron chi connectivity index (χ3n) is 2.32. The number of unbranched alkanes of at least 4 members (excludes halogenated alkanes) is 4. The molecular formula is C11H24O2Si. The number of allylic oxidation sites excluding steroid dienone is 2. The van der Waals surface area contributed by atoms with E-state index in [1.165, 1.54) is 37.3 Å². The van der Waals surface area contributed by atoms with Crippen molar-refractivity contribution in [2.45, 2.75) is 46.0 Å². The molecule has 0 aliphatic heterocycles. The van der Waals surface area contributed by atoms with E-state index in [-0.39, 0.29) is 0 Å². The standard InChI is InChI=1S/C11H24O2Si/c1-5-6-7-8-9-10-11(2)14(12-3)13-4/h10,14H,5-9H2,1-4H3. The molecule has 0 bridgehead atoms. The zero-order chi connectivity index (χ0) is 10.8. The smallest absolute Gasteiger partial charge is 0.350 e. The van der Waals surface area contributed by atoms with Crippen LogP contribution in [0, 0.1) is 0 Å². The van der Waals surface area contributed by atoms with Crippen LogP contribution in [0.5, 0.6) is 0 Å². The Labute approximate surface area is 90.2 Å². The molecule has 0 saturated carbocycles. The molecule has 84 valence electrons. The molecule has 0 aromatic heterocycles. The Bertz CT molecular complexity index is 153. The van der Waals surface area contributed by atoms with E-state index in [1.54, 1.807) is 14.2 Å². The largest absolute Gasteiger partial charge is 0.397 e. The van der Waals surface area contributed by atoms with E-state index in [1.807, 2.05) is 0 Å². The van der Waals surface area contributed by atoms with Gasteiger partial charge in [0.15, 0.2) is 0 Å². The Morgan fingerprint density at radius 3 is 2.29 bits per heavy atom. The highest BCUT2D eigenvalue weighted by Crippen LogP contribution is 2.07. The topological polar surface area (TPSA) is 18.5 Å². The van der Waals surface area contributed by atoms with Gasteiger partial charge in [0.1, 0.15) is 0 Å². The van der Waals surface area contributed by atoms with Crippen LogP contribution in [0.4, 0.5) is 0 Å². The van der Waals surface area contributed by atoms with Crippen LogP contribution in [0.1, 0.15) is 46.0 Å². The van der Waals surface area contributed by atoms with Crippen LogP contribution in [0.25, 0.3) is 0 Å². The van der Waals surface area contributed by atoms with E-state index in [4.69, 9.17) is 8.85 Å². The zero-order valence-corrected chi connectivity index (χ0v) is 11.2. The highest BCUT2D eigenvalue weighted by atomic mass is 28.3. The molecule has 0 aromatic carbocycles. The van der Waals surface area contributed by atoms with E-state index in [0.717, 1.165) is 0 Å². The first kappa shape index (κ1) is 13.9. The third kappa shape index (κ3) is 6.35. The fourth-order valence-electron chi connectivity index (χ4n) is 1.47. The maximum atomic E-state index is 5.29. The van der Waals surface area contributed by atoms with Crippen molar-refractivity contribution < 1.29 is 8.85 Å². The summed E-state index contributed by atoms with van der Waals surface area (Å²) >= 11 is 0. The molecule has 0 rings (SSSR count). The lowest BCUT2D eigenvalue weighted by molar-refractivity contribution is 0.287. The molecule has 0 atom stereocenters. The molecule has 0 aromatic rings. The Hall–Kier alpha value is -0.123. The summed E-state index contributed by atoms with van der Waals surface area (Å²) in [7, 11) is 1.98. The predicted octanol–water partition coefficient (Wildman–Crippen LogP) is 2.96. The summed E-state index contributed by atoms with van der Waals surface area (Å²) in [6.07, 6.45) is 8.73. The summed E-state index contributed by atoms with van der Waals surface area (Å²) in [5.74, 6) is 0. The SMILES string of the molecule is CCCCCCC=C(C)[SiH](OC)OC. The molecule has 0 amide bonds. The van der Waals surface area contributed by atoms with Crippen molar-refractivity contribution in [1.29, 1.82) is 0 Å². The summed E-state index contributed by atoms with van der Waals surface area (Å²) in [4.78, 5) is 0. The molecule has 0 N–H and O–H groups in total. The molecule has 0 saturated heterocycles. The van der Waals surface area contributed by atoms with Crippen LogP contribution in [0.2, 0.25) is 0 Å². The third-order valence-corrected chi connectivity index (χ3v) is 4.16. The van der Waals surface area contributed by atoms with Crippen LogP contribution in [0.3, 0.4) is 0 Å². The molecule has 0 radical (unpaired) electrons. The minimum atomic E-state index is -1.48. The van der Waals surface area contributed by atoms with E-state index in [9.17, 15) is 0 Å². The minimum absolute atomic E-state index is 1.17. The monoisotopic (exact) mass is 216 g/mol. The van der Waals surface area contributed by atoms with Crippen LogP contribution >= 0.6 is 0 Å². The molecule has 0 aliphatic rings. The van der Waals surface area contributed by atoms with Crippen LogP contribution in [-0.4, -0.2) is 23.5 Å². The van der Waals surface area contributed by atoms with Crippen molar-refractivity contribution in [2.24, 2.45) is 0 Å². The number of hydrogen-bond donors (Lipinski definition) is 0. The quantitative estimate of drug-likeness (QED) is 0.459. The van der Waals surface area contributed by atoms with Gasteiger partial charge in [-0.25, -0.2) is 0 Å². The first-order chi connectivity index (χ1) is 6.76. The van der Waals surface area contributed by atoms with Crippen LogP contribution in [0.15, 0.2) is 11.3 Å². The maximum Gasteiger partial charge on any atom is 0.350 e. The van der Waals surface area contributed by atoms with Crippen LogP contribution in [-0.2, 0) is 8.85 Å². The lowest BCUT2D eigenvalue weighted by Gasteiger charge is -2.11. The van der Waals surface area contributed by atoms with Crippen molar-refractivity contribution in [1.82, 2.24) is 0 Å². The van der Waals surface area contributed by atoms with Crippen molar-refractivity contribution >= 4 is 9.28 Å². The minimum Gasteiger partial charge on any atom is -0.397 e. The van der Waals surface area contributed by atoms with Gasteiger partial charge < -0.3 is 8.85 Å².